The number of ether oxygens (including phenoxy) is 1. The lowest BCUT2D eigenvalue weighted by molar-refractivity contribution is 0.126. The van der Waals surface area contributed by atoms with Crippen molar-refractivity contribution < 1.29 is 4.74 Å². The molecule has 0 aromatic heterocycles. The zero-order valence-corrected chi connectivity index (χ0v) is 13.3. The predicted octanol–water partition coefficient (Wildman–Crippen LogP) is 5.78. The van der Waals surface area contributed by atoms with E-state index in [4.69, 9.17) is 4.74 Å². The summed E-state index contributed by atoms with van der Waals surface area (Å²) in [6, 6.07) is 10.8. The number of hydrogen-bond donors (Lipinski definition) is 0. The Bertz CT molecular complexity index is 294. The summed E-state index contributed by atoms with van der Waals surface area (Å²) in [6.07, 6.45) is 13.0. The zero-order valence-electron chi connectivity index (χ0n) is 13.3. The normalized spacial score (nSPS) is 10.8. The number of hydrogen-bond acceptors (Lipinski definition) is 1. The summed E-state index contributed by atoms with van der Waals surface area (Å²) < 4.78 is 5.66. The van der Waals surface area contributed by atoms with E-state index in [1.54, 1.807) is 0 Å². The molecule has 1 heteroatoms. The van der Waals surface area contributed by atoms with E-state index in [-0.39, 0.29) is 0 Å². The maximum absolute atomic E-state index is 5.66. The van der Waals surface area contributed by atoms with Crippen LogP contribution in [0.4, 0.5) is 0 Å². The standard InChI is InChI=1S/C19H32O/c1-2-3-4-12-17-20-18-13-7-5-6-9-14-19-15-10-8-11-16-19/h8,10-11,15-16H,2-7,9,12-14,17-18H2,1H3. The minimum atomic E-state index is 0.963. The summed E-state index contributed by atoms with van der Waals surface area (Å²) in [7, 11) is 0. The van der Waals surface area contributed by atoms with E-state index in [1.165, 1.54) is 69.8 Å². The second-order valence-corrected chi connectivity index (χ2v) is 5.68. The van der Waals surface area contributed by atoms with Crippen LogP contribution >= 0.6 is 0 Å². The molecule has 1 aromatic carbocycles. The van der Waals surface area contributed by atoms with E-state index in [9.17, 15) is 0 Å². The molecule has 0 aliphatic carbocycles. The number of benzene rings is 1. The van der Waals surface area contributed by atoms with Crippen LogP contribution in [0.1, 0.15) is 70.3 Å². The van der Waals surface area contributed by atoms with Crippen molar-refractivity contribution >= 4 is 0 Å². The molecule has 114 valence electrons. The fourth-order valence-corrected chi connectivity index (χ4v) is 2.44. The van der Waals surface area contributed by atoms with Gasteiger partial charge in [0, 0.05) is 13.2 Å². The molecule has 0 bridgehead atoms. The summed E-state index contributed by atoms with van der Waals surface area (Å²) in [4.78, 5) is 0. The summed E-state index contributed by atoms with van der Waals surface area (Å²) in [6.45, 7) is 4.18. The Labute approximate surface area is 125 Å². The molecular formula is C19H32O. The molecule has 0 aliphatic rings. The third kappa shape index (κ3) is 10.0. The van der Waals surface area contributed by atoms with Crippen molar-refractivity contribution in [2.24, 2.45) is 0 Å². The maximum atomic E-state index is 5.66. The number of aryl methyl sites for hydroxylation is 1. The van der Waals surface area contributed by atoms with E-state index in [0.717, 1.165) is 13.2 Å². The third-order valence-electron chi connectivity index (χ3n) is 3.74. The van der Waals surface area contributed by atoms with E-state index in [2.05, 4.69) is 37.3 Å². The molecule has 1 nitrogen and oxygen atoms in total. The first kappa shape index (κ1) is 17.2. The topological polar surface area (TPSA) is 9.23 Å². The summed E-state index contributed by atoms with van der Waals surface area (Å²) in [5.41, 5.74) is 1.47. The fraction of sp³-hybridized carbons (Fsp3) is 0.684. The van der Waals surface area contributed by atoms with Crippen molar-refractivity contribution in [1.29, 1.82) is 0 Å². The number of rotatable bonds is 13. The second-order valence-electron chi connectivity index (χ2n) is 5.68. The van der Waals surface area contributed by atoms with Crippen molar-refractivity contribution in [3.05, 3.63) is 35.9 Å². The second kappa shape index (κ2) is 13.2. The van der Waals surface area contributed by atoms with Gasteiger partial charge < -0.3 is 4.74 Å². The van der Waals surface area contributed by atoms with Crippen LogP contribution in [0.2, 0.25) is 0 Å². The Morgan fingerprint density at radius 1 is 0.700 bits per heavy atom. The Morgan fingerprint density at radius 2 is 1.30 bits per heavy atom. The average molecular weight is 276 g/mol. The lowest BCUT2D eigenvalue weighted by Gasteiger charge is -2.04. The molecule has 0 spiro atoms. The fourth-order valence-electron chi connectivity index (χ4n) is 2.44. The molecule has 0 amide bonds. The Morgan fingerprint density at radius 3 is 2.00 bits per heavy atom. The first-order valence-electron chi connectivity index (χ1n) is 8.55. The lowest BCUT2D eigenvalue weighted by Crippen LogP contribution is -1.97. The van der Waals surface area contributed by atoms with Gasteiger partial charge in [0.05, 0.1) is 0 Å². The van der Waals surface area contributed by atoms with Crippen LogP contribution in [-0.4, -0.2) is 13.2 Å². The first-order chi connectivity index (χ1) is 9.93. The van der Waals surface area contributed by atoms with Gasteiger partial charge in [-0.15, -0.1) is 0 Å². The highest BCUT2D eigenvalue weighted by Gasteiger charge is 1.94. The van der Waals surface area contributed by atoms with E-state index in [0.29, 0.717) is 0 Å². The molecule has 0 radical (unpaired) electrons. The monoisotopic (exact) mass is 276 g/mol. The van der Waals surface area contributed by atoms with Crippen molar-refractivity contribution in [2.75, 3.05) is 13.2 Å². The smallest absolute Gasteiger partial charge is 0.0466 e. The van der Waals surface area contributed by atoms with Crippen molar-refractivity contribution in [3.8, 4) is 0 Å². The van der Waals surface area contributed by atoms with Crippen molar-refractivity contribution in [1.82, 2.24) is 0 Å². The molecule has 0 fully saturated rings. The molecule has 0 atom stereocenters. The highest BCUT2D eigenvalue weighted by Crippen LogP contribution is 2.09. The van der Waals surface area contributed by atoms with Crippen LogP contribution in [0.5, 0.6) is 0 Å². The molecule has 0 unspecified atom stereocenters. The van der Waals surface area contributed by atoms with Crippen molar-refractivity contribution in [3.63, 3.8) is 0 Å². The molecule has 0 heterocycles. The predicted molar refractivity (Wildman–Crippen MR) is 88.2 cm³/mol. The molecule has 0 saturated carbocycles. The summed E-state index contributed by atoms with van der Waals surface area (Å²) in [5, 5.41) is 0. The van der Waals surface area contributed by atoms with Crippen LogP contribution in [0.3, 0.4) is 0 Å². The van der Waals surface area contributed by atoms with Gasteiger partial charge in [-0.2, -0.15) is 0 Å². The molecular weight excluding hydrogens is 244 g/mol. The first-order valence-corrected chi connectivity index (χ1v) is 8.55. The summed E-state index contributed by atoms with van der Waals surface area (Å²) in [5.74, 6) is 0. The highest BCUT2D eigenvalue weighted by molar-refractivity contribution is 5.14. The SMILES string of the molecule is CCCCCCOCCCCCCCc1ccccc1. The van der Waals surface area contributed by atoms with Gasteiger partial charge in [0.1, 0.15) is 0 Å². The van der Waals surface area contributed by atoms with Gasteiger partial charge in [0.15, 0.2) is 0 Å². The lowest BCUT2D eigenvalue weighted by atomic mass is 10.1. The minimum Gasteiger partial charge on any atom is -0.381 e. The van der Waals surface area contributed by atoms with Crippen LogP contribution in [0, 0.1) is 0 Å². The molecule has 0 saturated heterocycles. The largest absolute Gasteiger partial charge is 0.381 e. The molecule has 0 N–H and O–H groups in total. The van der Waals surface area contributed by atoms with E-state index < -0.39 is 0 Å². The highest BCUT2D eigenvalue weighted by atomic mass is 16.5. The Hall–Kier alpha value is -0.820. The third-order valence-corrected chi connectivity index (χ3v) is 3.74. The molecule has 1 aromatic rings. The van der Waals surface area contributed by atoms with Crippen LogP contribution < -0.4 is 0 Å². The minimum absolute atomic E-state index is 0.963. The Kier molecular flexibility index (Phi) is 11.4. The van der Waals surface area contributed by atoms with Crippen LogP contribution in [-0.2, 0) is 11.2 Å². The van der Waals surface area contributed by atoms with E-state index in [1.807, 2.05) is 0 Å². The van der Waals surface area contributed by atoms with Gasteiger partial charge >= 0.3 is 0 Å². The molecule has 1 rings (SSSR count). The zero-order chi connectivity index (χ0) is 14.3. The Balaban J connectivity index is 1.77. The van der Waals surface area contributed by atoms with Crippen LogP contribution in [0.15, 0.2) is 30.3 Å². The van der Waals surface area contributed by atoms with Crippen molar-refractivity contribution in [2.45, 2.75) is 71.1 Å². The van der Waals surface area contributed by atoms with Gasteiger partial charge in [0.2, 0.25) is 0 Å². The average Bonchev–Trinajstić information content (AvgIpc) is 2.49. The molecule has 20 heavy (non-hydrogen) atoms. The van der Waals surface area contributed by atoms with Crippen LogP contribution in [0.25, 0.3) is 0 Å². The maximum Gasteiger partial charge on any atom is 0.0466 e. The van der Waals surface area contributed by atoms with Gasteiger partial charge in [-0.3, -0.25) is 0 Å². The van der Waals surface area contributed by atoms with Gasteiger partial charge in [-0.25, -0.2) is 0 Å². The quantitative estimate of drug-likeness (QED) is 0.415. The summed E-state index contributed by atoms with van der Waals surface area (Å²) >= 11 is 0. The van der Waals surface area contributed by atoms with Gasteiger partial charge in [-0.1, -0.05) is 75.8 Å². The molecule has 0 aliphatic heterocycles. The van der Waals surface area contributed by atoms with Gasteiger partial charge in [0.25, 0.3) is 0 Å². The van der Waals surface area contributed by atoms with Gasteiger partial charge in [-0.05, 0) is 31.2 Å². The number of unbranched alkanes of at least 4 members (excludes halogenated alkanes) is 7. The van der Waals surface area contributed by atoms with E-state index >= 15 is 0 Å².